The van der Waals surface area contributed by atoms with Crippen molar-refractivity contribution < 1.29 is 4.42 Å². The first kappa shape index (κ1) is 33.5. The Balaban J connectivity index is 1.14. The molecule has 10 aromatic rings. The van der Waals surface area contributed by atoms with Crippen LogP contribution in [0.1, 0.15) is 0 Å². The summed E-state index contributed by atoms with van der Waals surface area (Å²) in [5.74, 6) is 1.87. The monoisotopic (exact) mass is 717 g/mol. The van der Waals surface area contributed by atoms with Crippen LogP contribution < -0.4 is 27.3 Å². The molecule has 0 saturated carbocycles. The molecule has 0 spiro atoms. The van der Waals surface area contributed by atoms with Gasteiger partial charge in [-0.05, 0) is 52.6 Å². The van der Waals surface area contributed by atoms with Crippen molar-refractivity contribution >= 4 is 120 Å². The third-order valence-corrected chi connectivity index (χ3v) is 12.7. The topological polar surface area (TPSA) is 51.8 Å². The fourth-order valence-corrected chi connectivity index (χ4v) is 9.48. The zero-order chi connectivity index (χ0) is 37.4. The number of aromatic nitrogens is 3. The van der Waals surface area contributed by atoms with E-state index >= 15 is 0 Å². The Morgan fingerprint density at radius 3 is 1.85 bits per heavy atom. The van der Waals surface area contributed by atoms with Crippen molar-refractivity contribution in [1.82, 2.24) is 15.0 Å². The quantitative estimate of drug-likeness (QED) is 0.255. The number of rotatable bonds is 5. The van der Waals surface area contributed by atoms with Gasteiger partial charge in [-0.25, -0.2) is 15.0 Å². The largest absolute Gasteiger partial charge is 0.456 e. The Kier molecular flexibility index (Phi) is 7.93. The highest BCUT2D eigenvalue weighted by atomic mass is 32.1. The smallest absolute Gasteiger partial charge is 0.164 e. The van der Waals surface area contributed by atoms with Crippen molar-refractivity contribution in [1.29, 1.82) is 0 Å². The van der Waals surface area contributed by atoms with Crippen molar-refractivity contribution in [2.24, 2.45) is 0 Å². The molecule has 0 saturated heterocycles. The van der Waals surface area contributed by atoms with Gasteiger partial charge in [0, 0.05) is 47.6 Å². The molecule has 10 rings (SSSR count). The van der Waals surface area contributed by atoms with Crippen LogP contribution in [0.3, 0.4) is 0 Å². The number of nitrogens with zero attached hydrogens (tertiary/aromatic N) is 3. The Hall–Kier alpha value is -6.11. The molecule has 0 radical (unpaired) electrons. The maximum Gasteiger partial charge on any atom is 0.164 e. The van der Waals surface area contributed by atoms with Gasteiger partial charge in [-0.2, -0.15) is 0 Å². The second-order valence-electron chi connectivity index (χ2n) is 14.5. The van der Waals surface area contributed by atoms with E-state index in [0.717, 1.165) is 49.8 Å². The summed E-state index contributed by atoms with van der Waals surface area (Å²) in [5, 5.41) is 4.59. The molecule has 10 heteroatoms. The number of hydrogen-bond donors (Lipinski definition) is 0. The summed E-state index contributed by atoms with van der Waals surface area (Å²) >= 11 is 1.84. The molecule has 0 fully saturated rings. The van der Waals surface area contributed by atoms with Gasteiger partial charge >= 0.3 is 0 Å². The van der Waals surface area contributed by atoms with Gasteiger partial charge in [-0.3, -0.25) is 0 Å². The first-order chi connectivity index (χ1) is 26.8. The van der Waals surface area contributed by atoms with E-state index in [1.54, 1.807) is 0 Å². The molecule has 3 aromatic heterocycles. The van der Waals surface area contributed by atoms with E-state index < -0.39 is 0 Å². The van der Waals surface area contributed by atoms with Crippen molar-refractivity contribution in [2.75, 3.05) is 0 Å². The van der Waals surface area contributed by atoms with Crippen LogP contribution >= 0.6 is 11.3 Å². The van der Waals surface area contributed by atoms with Crippen LogP contribution in [-0.2, 0) is 0 Å². The van der Waals surface area contributed by atoms with Crippen molar-refractivity contribution in [3.63, 3.8) is 0 Å². The summed E-state index contributed by atoms with van der Waals surface area (Å²) in [6.45, 7) is 0. The average Bonchev–Trinajstić information content (AvgIpc) is 3.81. The van der Waals surface area contributed by atoms with Crippen LogP contribution in [0.2, 0.25) is 0 Å². The summed E-state index contributed by atoms with van der Waals surface area (Å²) in [4.78, 5) is 15.5. The van der Waals surface area contributed by atoms with Crippen LogP contribution in [0, 0.1) is 0 Å². The van der Waals surface area contributed by atoms with E-state index in [0.29, 0.717) is 17.5 Å². The lowest BCUT2D eigenvalue weighted by atomic mass is 9.59. The van der Waals surface area contributed by atoms with Crippen LogP contribution in [0.5, 0.6) is 0 Å². The molecule has 3 heterocycles. The minimum atomic E-state index is 0.607. The zero-order valence-electron chi connectivity index (χ0n) is 31.4. The molecule has 0 aliphatic carbocycles. The van der Waals surface area contributed by atoms with E-state index in [1.165, 1.54) is 58.6 Å². The Morgan fingerprint density at radius 1 is 0.418 bits per heavy atom. The highest BCUT2D eigenvalue weighted by molar-refractivity contribution is 7.26. The van der Waals surface area contributed by atoms with Crippen molar-refractivity contribution in [2.45, 2.75) is 0 Å². The molecular formula is C45H32B5N3OS. The van der Waals surface area contributed by atoms with Crippen LogP contribution in [0.4, 0.5) is 0 Å². The van der Waals surface area contributed by atoms with Crippen molar-refractivity contribution in [3.8, 4) is 56.4 Å². The van der Waals surface area contributed by atoms with E-state index in [-0.39, 0.29) is 0 Å². The third-order valence-electron chi connectivity index (χ3n) is 11.5. The molecule has 7 aromatic carbocycles. The van der Waals surface area contributed by atoms with Crippen LogP contribution in [-0.4, -0.2) is 54.2 Å². The molecule has 0 atom stereocenters. The number of hydrogen-bond acceptors (Lipinski definition) is 5. The third kappa shape index (κ3) is 5.46. The number of benzene rings is 7. The summed E-state index contributed by atoms with van der Waals surface area (Å²) in [6, 6.07) is 46.8. The summed E-state index contributed by atoms with van der Waals surface area (Å²) < 4.78 is 9.20. The second-order valence-corrected chi connectivity index (χ2v) is 15.6. The fraction of sp³-hybridized carbons (Fsp3) is 0. The normalized spacial score (nSPS) is 11.6. The maximum absolute atomic E-state index is 6.62. The van der Waals surface area contributed by atoms with E-state index in [1.807, 2.05) is 41.7 Å². The standard InChI is InChI=1S/C45H32B5N3OS/c46-37-35(38(47)40(49)41(50)39(37)48)25-11-6-12-26(21-25)44-51-43(23-9-2-1-3-10-23)52-45(53-44)31-16-8-17-32-36(31)30-20-19-24(22-33(30)54-32)27-14-7-15-29-28-13-4-5-18-34(28)55-42(27)29/h1-22H,46-50H2. The van der Waals surface area contributed by atoms with Gasteiger partial charge in [0.15, 0.2) is 17.5 Å². The Morgan fingerprint density at radius 2 is 1.04 bits per heavy atom. The highest BCUT2D eigenvalue weighted by Gasteiger charge is 2.20. The number of thiophene rings is 1. The lowest BCUT2D eigenvalue weighted by molar-refractivity contribution is 0.669. The molecule has 0 aliphatic heterocycles. The first-order valence-corrected chi connectivity index (χ1v) is 19.5. The molecule has 4 nitrogen and oxygen atoms in total. The molecular weight excluding hydrogens is 685 g/mol. The van der Waals surface area contributed by atoms with Gasteiger partial charge in [-0.1, -0.05) is 114 Å². The van der Waals surface area contributed by atoms with Crippen LogP contribution in [0.25, 0.3) is 98.5 Å². The Labute approximate surface area is 327 Å². The van der Waals surface area contributed by atoms with Crippen molar-refractivity contribution in [3.05, 3.63) is 133 Å². The molecule has 254 valence electrons. The molecule has 0 aliphatic rings. The summed E-state index contributed by atoms with van der Waals surface area (Å²) in [6.07, 6.45) is 0. The minimum absolute atomic E-state index is 0.607. The molecule has 0 N–H and O–H groups in total. The predicted octanol–water partition coefficient (Wildman–Crippen LogP) is 3.77. The number of fused-ring (bicyclic) bond motifs is 6. The Bertz CT molecular complexity index is 3150. The fourth-order valence-electron chi connectivity index (χ4n) is 8.24. The lowest BCUT2D eigenvalue weighted by Crippen LogP contribution is -2.55. The maximum atomic E-state index is 6.62. The molecule has 55 heavy (non-hydrogen) atoms. The lowest BCUT2D eigenvalue weighted by Gasteiger charge is -2.20. The number of furan rings is 1. The van der Waals surface area contributed by atoms with Gasteiger partial charge in [0.2, 0.25) is 0 Å². The first-order valence-electron chi connectivity index (χ1n) is 18.7. The van der Waals surface area contributed by atoms with E-state index in [9.17, 15) is 0 Å². The van der Waals surface area contributed by atoms with Gasteiger partial charge in [0.1, 0.15) is 50.4 Å². The minimum Gasteiger partial charge on any atom is -0.456 e. The highest BCUT2D eigenvalue weighted by Crippen LogP contribution is 2.42. The summed E-state index contributed by atoms with van der Waals surface area (Å²) in [7, 11) is 11.1. The predicted molar refractivity (Wildman–Crippen MR) is 248 cm³/mol. The second kappa shape index (κ2) is 13.0. The average molecular weight is 717 g/mol. The van der Waals surface area contributed by atoms with Gasteiger partial charge in [0.05, 0.1) is 0 Å². The molecule has 0 unspecified atom stereocenters. The van der Waals surface area contributed by atoms with E-state index in [4.69, 9.17) is 19.4 Å². The molecule has 0 bridgehead atoms. The van der Waals surface area contributed by atoms with E-state index in [2.05, 4.69) is 142 Å². The molecule has 0 amide bonds. The zero-order valence-corrected chi connectivity index (χ0v) is 32.2. The van der Waals surface area contributed by atoms with Gasteiger partial charge in [-0.15, -0.1) is 27.7 Å². The SMILES string of the molecule is Bc1c(B)c(B)c(-c2cccc(-c3nc(-c4ccccc4)nc(-c4cccc5oc6cc(-c7cccc8c7sc7ccccc78)ccc6c45)n3)c2)c(B)c1B. The van der Waals surface area contributed by atoms with Gasteiger partial charge < -0.3 is 4.42 Å². The summed E-state index contributed by atoms with van der Waals surface area (Å²) in [5.41, 5.74) is 15.8. The van der Waals surface area contributed by atoms with Crippen LogP contribution in [0.15, 0.2) is 138 Å². The van der Waals surface area contributed by atoms with Gasteiger partial charge in [0.25, 0.3) is 0 Å².